The number of H-pyrrole nitrogens is 1. The van der Waals surface area contributed by atoms with Gasteiger partial charge in [-0.25, -0.2) is 18.9 Å². The van der Waals surface area contributed by atoms with Crippen LogP contribution in [0.3, 0.4) is 0 Å². The van der Waals surface area contributed by atoms with Crippen LogP contribution < -0.4 is 5.56 Å². The van der Waals surface area contributed by atoms with Crippen LogP contribution in [-0.2, 0) is 0 Å². The van der Waals surface area contributed by atoms with Gasteiger partial charge in [0.1, 0.15) is 11.5 Å². The Kier molecular flexibility index (Phi) is 2.92. The zero-order valence-electron chi connectivity index (χ0n) is 12.0. The Labute approximate surface area is 133 Å². The SMILES string of the molecule is O=C(O)c1ccc2c(=O)nc3c(-c4ccccc4F)n[nH]n3c2c1. The number of benzene rings is 2. The van der Waals surface area contributed by atoms with Crippen molar-refractivity contribution in [3.05, 3.63) is 64.2 Å². The normalized spacial score (nSPS) is 11.2. The Hall–Kier alpha value is -3.55. The van der Waals surface area contributed by atoms with Gasteiger partial charge in [-0.2, -0.15) is 10.1 Å². The molecular formula is C16H9FN4O3. The maximum atomic E-state index is 14.0. The zero-order valence-corrected chi connectivity index (χ0v) is 12.0. The van der Waals surface area contributed by atoms with E-state index in [1.165, 1.54) is 34.8 Å². The van der Waals surface area contributed by atoms with E-state index in [9.17, 15) is 14.0 Å². The number of hydrogen-bond acceptors (Lipinski definition) is 4. The van der Waals surface area contributed by atoms with Crippen molar-refractivity contribution >= 4 is 22.5 Å². The predicted molar refractivity (Wildman–Crippen MR) is 83.5 cm³/mol. The van der Waals surface area contributed by atoms with E-state index in [-0.39, 0.29) is 27.9 Å². The first kappa shape index (κ1) is 14.1. The van der Waals surface area contributed by atoms with E-state index in [4.69, 9.17) is 5.11 Å². The van der Waals surface area contributed by atoms with E-state index >= 15 is 0 Å². The summed E-state index contributed by atoms with van der Waals surface area (Å²) >= 11 is 0. The highest BCUT2D eigenvalue weighted by Gasteiger charge is 2.17. The van der Waals surface area contributed by atoms with E-state index in [1.807, 2.05) is 0 Å². The first-order valence-corrected chi connectivity index (χ1v) is 6.95. The van der Waals surface area contributed by atoms with E-state index in [0.29, 0.717) is 5.52 Å². The van der Waals surface area contributed by atoms with Crippen molar-refractivity contribution in [1.29, 1.82) is 0 Å². The third-order valence-corrected chi connectivity index (χ3v) is 3.74. The molecule has 0 saturated heterocycles. The number of halogens is 1. The fourth-order valence-electron chi connectivity index (χ4n) is 2.60. The fraction of sp³-hybridized carbons (Fsp3) is 0. The van der Waals surface area contributed by atoms with Crippen molar-refractivity contribution in [2.45, 2.75) is 0 Å². The fourth-order valence-corrected chi connectivity index (χ4v) is 2.60. The molecule has 2 heterocycles. The Morgan fingerprint density at radius 3 is 2.75 bits per heavy atom. The minimum Gasteiger partial charge on any atom is -0.478 e. The molecule has 0 fully saturated rings. The molecule has 0 aliphatic heterocycles. The molecule has 2 aromatic heterocycles. The van der Waals surface area contributed by atoms with Crippen molar-refractivity contribution in [3.63, 3.8) is 0 Å². The number of fused-ring (bicyclic) bond motifs is 3. The molecule has 2 aromatic carbocycles. The third kappa shape index (κ3) is 1.97. The molecule has 7 nitrogen and oxygen atoms in total. The van der Waals surface area contributed by atoms with Gasteiger partial charge >= 0.3 is 5.97 Å². The zero-order chi connectivity index (χ0) is 16.8. The number of hydrogen-bond donors (Lipinski definition) is 2. The number of nitrogens with zero attached hydrogens (tertiary/aromatic N) is 3. The summed E-state index contributed by atoms with van der Waals surface area (Å²) in [5.41, 5.74) is 0.273. The highest BCUT2D eigenvalue weighted by molar-refractivity contribution is 5.94. The highest BCUT2D eigenvalue weighted by atomic mass is 19.1. The van der Waals surface area contributed by atoms with Crippen LogP contribution in [-0.4, -0.2) is 30.9 Å². The Bertz CT molecular complexity index is 1180. The summed E-state index contributed by atoms with van der Waals surface area (Å²) in [4.78, 5) is 27.3. The lowest BCUT2D eigenvalue weighted by atomic mass is 10.1. The molecule has 118 valence electrons. The molecule has 0 aliphatic rings. The van der Waals surface area contributed by atoms with E-state index in [0.717, 1.165) is 0 Å². The summed E-state index contributed by atoms with van der Waals surface area (Å²) in [7, 11) is 0. The summed E-state index contributed by atoms with van der Waals surface area (Å²) in [5, 5.41) is 16.1. The van der Waals surface area contributed by atoms with Gasteiger partial charge in [-0.3, -0.25) is 4.79 Å². The van der Waals surface area contributed by atoms with Crippen LogP contribution in [0.2, 0.25) is 0 Å². The van der Waals surface area contributed by atoms with Gasteiger partial charge in [0.15, 0.2) is 5.65 Å². The lowest BCUT2D eigenvalue weighted by molar-refractivity contribution is 0.0697. The van der Waals surface area contributed by atoms with Crippen LogP contribution in [0.5, 0.6) is 0 Å². The third-order valence-electron chi connectivity index (χ3n) is 3.74. The second-order valence-electron chi connectivity index (χ2n) is 5.15. The van der Waals surface area contributed by atoms with Crippen molar-refractivity contribution in [1.82, 2.24) is 19.8 Å². The number of carboxylic acid groups (broad SMARTS) is 1. The van der Waals surface area contributed by atoms with Gasteiger partial charge in [0, 0.05) is 5.56 Å². The molecule has 0 radical (unpaired) electrons. The summed E-state index contributed by atoms with van der Waals surface area (Å²) in [6.45, 7) is 0. The Balaban J connectivity index is 2.11. The minimum atomic E-state index is -1.12. The lowest BCUT2D eigenvalue weighted by Gasteiger charge is -2.03. The average Bonchev–Trinajstić information content (AvgIpc) is 2.98. The largest absolute Gasteiger partial charge is 0.478 e. The Morgan fingerprint density at radius 2 is 2.00 bits per heavy atom. The summed E-state index contributed by atoms with van der Waals surface area (Å²) in [6, 6.07) is 10.1. The molecule has 24 heavy (non-hydrogen) atoms. The van der Waals surface area contributed by atoms with Crippen molar-refractivity contribution in [3.8, 4) is 11.3 Å². The summed E-state index contributed by atoms with van der Waals surface area (Å²) < 4.78 is 15.4. The second-order valence-corrected chi connectivity index (χ2v) is 5.15. The molecule has 0 saturated carbocycles. The van der Waals surface area contributed by atoms with Crippen molar-refractivity contribution in [2.75, 3.05) is 0 Å². The maximum absolute atomic E-state index is 14.0. The molecule has 8 heteroatoms. The summed E-state index contributed by atoms with van der Waals surface area (Å²) in [5.74, 6) is -1.62. The minimum absolute atomic E-state index is 0.0175. The van der Waals surface area contributed by atoms with Crippen LogP contribution >= 0.6 is 0 Å². The van der Waals surface area contributed by atoms with E-state index < -0.39 is 17.3 Å². The van der Waals surface area contributed by atoms with Crippen LogP contribution in [0.25, 0.3) is 27.8 Å². The standard InChI is InChI=1S/C16H9FN4O3/c17-11-4-2-1-3-9(11)13-14-18-15(22)10-6-5-8(16(23)24)7-12(10)21(14)20-19-13/h1-7,20H,(H,23,24). The quantitative estimate of drug-likeness (QED) is 0.588. The first-order chi connectivity index (χ1) is 11.6. The number of carbonyl (C=O) groups is 1. The topological polar surface area (TPSA) is 100 Å². The molecule has 0 aliphatic carbocycles. The van der Waals surface area contributed by atoms with Crippen LogP contribution in [0.15, 0.2) is 47.3 Å². The predicted octanol–water partition coefficient (Wildman–Crippen LogP) is 2.08. The first-order valence-electron chi connectivity index (χ1n) is 6.95. The number of aromatic nitrogens is 4. The van der Waals surface area contributed by atoms with Gasteiger partial charge in [-0.05, 0) is 30.3 Å². The van der Waals surface area contributed by atoms with Crippen LogP contribution in [0.1, 0.15) is 10.4 Å². The van der Waals surface area contributed by atoms with Crippen molar-refractivity contribution in [2.24, 2.45) is 0 Å². The Morgan fingerprint density at radius 1 is 1.21 bits per heavy atom. The second kappa shape index (κ2) is 4.98. The van der Waals surface area contributed by atoms with Gasteiger partial charge in [0.2, 0.25) is 0 Å². The number of nitrogens with one attached hydrogen (secondary N) is 1. The monoisotopic (exact) mass is 324 g/mol. The smallest absolute Gasteiger partial charge is 0.335 e. The molecule has 0 spiro atoms. The van der Waals surface area contributed by atoms with Gasteiger partial charge < -0.3 is 5.11 Å². The molecule has 0 amide bonds. The van der Waals surface area contributed by atoms with E-state index in [1.54, 1.807) is 12.1 Å². The van der Waals surface area contributed by atoms with Crippen LogP contribution in [0.4, 0.5) is 4.39 Å². The molecule has 4 rings (SSSR count). The molecule has 2 N–H and O–H groups in total. The maximum Gasteiger partial charge on any atom is 0.335 e. The van der Waals surface area contributed by atoms with Gasteiger partial charge in [0.25, 0.3) is 5.56 Å². The molecular weight excluding hydrogens is 315 g/mol. The summed E-state index contributed by atoms with van der Waals surface area (Å²) in [6.07, 6.45) is 0. The highest BCUT2D eigenvalue weighted by Crippen LogP contribution is 2.25. The van der Waals surface area contributed by atoms with Crippen LogP contribution in [0, 0.1) is 5.82 Å². The lowest BCUT2D eigenvalue weighted by Crippen LogP contribution is -2.11. The number of aromatic carboxylic acids is 1. The average molecular weight is 324 g/mol. The number of aromatic amines is 1. The molecule has 0 atom stereocenters. The number of rotatable bonds is 2. The molecule has 0 bridgehead atoms. The van der Waals surface area contributed by atoms with Gasteiger partial charge in [-0.1, -0.05) is 12.1 Å². The number of carboxylic acids is 1. The molecule has 4 aromatic rings. The van der Waals surface area contributed by atoms with Crippen molar-refractivity contribution < 1.29 is 14.3 Å². The van der Waals surface area contributed by atoms with Gasteiger partial charge in [0.05, 0.1) is 16.5 Å². The van der Waals surface area contributed by atoms with E-state index in [2.05, 4.69) is 15.3 Å². The molecule has 0 unspecified atom stereocenters. The van der Waals surface area contributed by atoms with Gasteiger partial charge in [-0.15, -0.1) is 0 Å².